The van der Waals surface area contributed by atoms with Gasteiger partial charge in [-0.25, -0.2) is 0 Å². The summed E-state index contributed by atoms with van der Waals surface area (Å²) < 4.78 is 0. The van der Waals surface area contributed by atoms with E-state index in [9.17, 15) is 0 Å². The van der Waals surface area contributed by atoms with Crippen LogP contribution in [0.4, 0.5) is 5.69 Å². The first-order chi connectivity index (χ1) is 9.86. The summed E-state index contributed by atoms with van der Waals surface area (Å²) in [5.74, 6) is 0. The molecule has 1 aromatic carbocycles. The van der Waals surface area contributed by atoms with Gasteiger partial charge in [-0.1, -0.05) is 50.3 Å². The molecule has 1 aliphatic carbocycles. The first-order valence-corrected chi connectivity index (χ1v) is 8.41. The highest BCUT2D eigenvalue weighted by Crippen LogP contribution is 2.38. The highest BCUT2D eigenvalue weighted by atomic mass is 15.2. The highest BCUT2D eigenvalue weighted by molar-refractivity contribution is 5.57. The van der Waals surface area contributed by atoms with E-state index >= 15 is 0 Å². The molecule has 1 saturated carbocycles. The summed E-state index contributed by atoms with van der Waals surface area (Å²) in [5.41, 5.74) is 9.51. The van der Waals surface area contributed by atoms with Crippen LogP contribution in [0.1, 0.15) is 56.9 Å². The molecule has 2 N–H and O–H groups in total. The van der Waals surface area contributed by atoms with Gasteiger partial charge in [-0.15, -0.1) is 0 Å². The molecule has 20 heavy (non-hydrogen) atoms. The molecule has 1 aromatic rings. The zero-order valence-corrected chi connectivity index (χ0v) is 12.6. The number of hydrogen-bond acceptors (Lipinski definition) is 2. The van der Waals surface area contributed by atoms with Crippen LogP contribution >= 0.6 is 0 Å². The van der Waals surface area contributed by atoms with Gasteiger partial charge >= 0.3 is 0 Å². The third-order valence-electron chi connectivity index (χ3n) is 5.35. The summed E-state index contributed by atoms with van der Waals surface area (Å²) in [7, 11) is 0. The Hall–Kier alpha value is -1.02. The van der Waals surface area contributed by atoms with Crippen LogP contribution in [0.2, 0.25) is 0 Å². The third kappa shape index (κ3) is 2.58. The zero-order chi connectivity index (χ0) is 13.8. The Morgan fingerprint density at radius 3 is 2.40 bits per heavy atom. The maximum absolute atomic E-state index is 6.31. The fourth-order valence-electron chi connectivity index (χ4n) is 4.17. The van der Waals surface area contributed by atoms with Crippen LogP contribution in [0.15, 0.2) is 24.3 Å². The minimum Gasteiger partial charge on any atom is -0.364 e. The van der Waals surface area contributed by atoms with Crippen molar-refractivity contribution in [3.8, 4) is 0 Å². The monoisotopic (exact) mass is 272 g/mol. The van der Waals surface area contributed by atoms with E-state index in [1.54, 1.807) is 0 Å². The number of rotatable bonds is 2. The SMILES string of the molecule is NCC1(N2CCCc3ccccc32)CCCCCCC1. The van der Waals surface area contributed by atoms with Gasteiger partial charge in [0, 0.05) is 18.8 Å². The van der Waals surface area contributed by atoms with Crippen LogP contribution in [-0.2, 0) is 6.42 Å². The van der Waals surface area contributed by atoms with Crippen LogP contribution in [0.3, 0.4) is 0 Å². The Kier molecular flexibility index (Phi) is 4.30. The van der Waals surface area contributed by atoms with Gasteiger partial charge in [0.1, 0.15) is 0 Å². The smallest absolute Gasteiger partial charge is 0.0524 e. The van der Waals surface area contributed by atoms with Crippen LogP contribution < -0.4 is 10.6 Å². The molecule has 2 heteroatoms. The van der Waals surface area contributed by atoms with E-state index in [4.69, 9.17) is 5.73 Å². The molecule has 0 amide bonds. The van der Waals surface area contributed by atoms with Crippen molar-refractivity contribution in [2.24, 2.45) is 5.73 Å². The quantitative estimate of drug-likeness (QED) is 0.885. The molecule has 0 atom stereocenters. The summed E-state index contributed by atoms with van der Waals surface area (Å²) >= 11 is 0. The number of nitrogens with zero attached hydrogens (tertiary/aromatic N) is 1. The molecule has 2 nitrogen and oxygen atoms in total. The standard InChI is InChI=1S/C18H28N2/c19-15-18(12-6-2-1-3-7-13-18)20-14-8-10-16-9-4-5-11-17(16)20/h4-5,9,11H,1-3,6-8,10,12-15,19H2. The average molecular weight is 272 g/mol. The first-order valence-electron chi connectivity index (χ1n) is 8.41. The summed E-state index contributed by atoms with van der Waals surface area (Å²) in [6, 6.07) is 8.97. The normalized spacial score (nSPS) is 22.8. The van der Waals surface area contributed by atoms with Crippen molar-refractivity contribution in [2.75, 3.05) is 18.0 Å². The number of fused-ring (bicyclic) bond motifs is 1. The average Bonchev–Trinajstić information content (AvgIpc) is 2.48. The van der Waals surface area contributed by atoms with E-state index < -0.39 is 0 Å². The Morgan fingerprint density at radius 2 is 1.65 bits per heavy atom. The lowest BCUT2D eigenvalue weighted by Gasteiger charge is -2.48. The number of nitrogens with two attached hydrogens (primary N) is 1. The van der Waals surface area contributed by atoms with Crippen molar-refractivity contribution in [1.29, 1.82) is 0 Å². The zero-order valence-electron chi connectivity index (χ0n) is 12.6. The van der Waals surface area contributed by atoms with E-state index in [0.717, 1.165) is 6.54 Å². The molecule has 1 heterocycles. The molecule has 0 unspecified atom stereocenters. The highest BCUT2D eigenvalue weighted by Gasteiger charge is 2.37. The van der Waals surface area contributed by atoms with E-state index in [1.807, 2.05) is 0 Å². The Morgan fingerprint density at radius 1 is 0.950 bits per heavy atom. The predicted octanol–water partition coefficient (Wildman–Crippen LogP) is 3.88. The molecule has 1 fully saturated rings. The van der Waals surface area contributed by atoms with Crippen molar-refractivity contribution in [3.05, 3.63) is 29.8 Å². The van der Waals surface area contributed by atoms with E-state index in [1.165, 1.54) is 75.6 Å². The van der Waals surface area contributed by atoms with Gasteiger partial charge in [0.25, 0.3) is 0 Å². The van der Waals surface area contributed by atoms with Crippen LogP contribution in [0.25, 0.3) is 0 Å². The van der Waals surface area contributed by atoms with Gasteiger partial charge in [0.15, 0.2) is 0 Å². The molecule has 0 saturated heterocycles. The number of aryl methyl sites for hydroxylation is 1. The minimum atomic E-state index is 0.219. The van der Waals surface area contributed by atoms with Gasteiger partial charge in [-0.3, -0.25) is 0 Å². The van der Waals surface area contributed by atoms with Crippen molar-refractivity contribution in [2.45, 2.75) is 63.3 Å². The number of hydrogen-bond donors (Lipinski definition) is 1. The largest absolute Gasteiger partial charge is 0.364 e. The van der Waals surface area contributed by atoms with E-state index in [-0.39, 0.29) is 5.54 Å². The van der Waals surface area contributed by atoms with Crippen molar-refractivity contribution < 1.29 is 0 Å². The molecule has 0 aromatic heterocycles. The molecule has 0 radical (unpaired) electrons. The Balaban J connectivity index is 1.92. The summed E-state index contributed by atoms with van der Waals surface area (Å²) in [5, 5.41) is 0. The Bertz CT molecular complexity index is 433. The van der Waals surface area contributed by atoms with E-state index in [2.05, 4.69) is 29.2 Å². The van der Waals surface area contributed by atoms with E-state index in [0.29, 0.717) is 0 Å². The maximum Gasteiger partial charge on any atom is 0.0524 e. The molecule has 3 rings (SSSR count). The second-order valence-electron chi connectivity index (χ2n) is 6.58. The fourth-order valence-corrected chi connectivity index (χ4v) is 4.17. The molecular weight excluding hydrogens is 244 g/mol. The molecule has 0 bridgehead atoms. The molecule has 1 aliphatic heterocycles. The summed E-state index contributed by atoms with van der Waals surface area (Å²) in [6.45, 7) is 2.00. The van der Waals surface area contributed by atoms with Crippen molar-refractivity contribution in [1.82, 2.24) is 0 Å². The number of benzene rings is 1. The summed E-state index contributed by atoms with van der Waals surface area (Å²) in [6.07, 6.45) is 11.9. The second-order valence-corrected chi connectivity index (χ2v) is 6.58. The predicted molar refractivity (Wildman–Crippen MR) is 86.2 cm³/mol. The van der Waals surface area contributed by atoms with Crippen LogP contribution in [0, 0.1) is 0 Å². The number of anilines is 1. The van der Waals surface area contributed by atoms with Gasteiger partial charge < -0.3 is 10.6 Å². The summed E-state index contributed by atoms with van der Waals surface area (Å²) in [4.78, 5) is 2.68. The third-order valence-corrected chi connectivity index (χ3v) is 5.35. The minimum absolute atomic E-state index is 0.219. The van der Waals surface area contributed by atoms with Crippen LogP contribution in [0.5, 0.6) is 0 Å². The molecule has 0 spiro atoms. The van der Waals surface area contributed by atoms with Gasteiger partial charge in [0.05, 0.1) is 5.54 Å². The Labute approximate surface area is 123 Å². The number of para-hydroxylation sites is 1. The van der Waals surface area contributed by atoms with Crippen molar-refractivity contribution in [3.63, 3.8) is 0 Å². The lowest BCUT2D eigenvalue weighted by atomic mass is 9.80. The molecular formula is C18H28N2. The fraction of sp³-hybridized carbons (Fsp3) is 0.667. The maximum atomic E-state index is 6.31. The topological polar surface area (TPSA) is 29.3 Å². The molecule has 110 valence electrons. The lowest BCUT2D eigenvalue weighted by molar-refractivity contribution is 0.295. The van der Waals surface area contributed by atoms with Crippen molar-refractivity contribution >= 4 is 5.69 Å². The van der Waals surface area contributed by atoms with Gasteiger partial charge in [-0.05, 0) is 37.3 Å². The molecule has 2 aliphatic rings. The first kappa shape index (κ1) is 13.9. The lowest BCUT2D eigenvalue weighted by Crippen LogP contribution is -2.56. The van der Waals surface area contributed by atoms with Crippen LogP contribution in [-0.4, -0.2) is 18.6 Å². The van der Waals surface area contributed by atoms with Gasteiger partial charge in [-0.2, -0.15) is 0 Å². The second kappa shape index (κ2) is 6.17. The van der Waals surface area contributed by atoms with Gasteiger partial charge in [0.2, 0.25) is 0 Å².